The van der Waals surface area contributed by atoms with Gasteiger partial charge in [0.05, 0.1) is 14.2 Å². The Balaban J connectivity index is 1.66. The molecule has 1 aromatic rings. The number of benzene rings is 1. The Labute approximate surface area is 189 Å². The van der Waals surface area contributed by atoms with E-state index in [4.69, 9.17) is 9.47 Å². The highest BCUT2D eigenvalue weighted by molar-refractivity contribution is 5.79. The van der Waals surface area contributed by atoms with Gasteiger partial charge in [-0.2, -0.15) is 0 Å². The van der Waals surface area contributed by atoms with Crippen LogP contribution in [-0.4, -0.2) is 83.3 Å². The molecular weight excluding hydrogens is 390 g/mol. The minimum Gasteiger partial charge on any atom is -0.497 e. The highest BCUT2D eigenvalue weighted by Gasteiger charge is 2.23. The second-order valence-corrected chi connectivity index (χ2v) is 8.66. The first kappa shape index (κ1) is 25.3. The Kier molecular flexibility index (Phi) is 11.5. The molecule has 1 heterocycles. The molecule has 0 bridgehead atoms. The third kappa shape index (κ3) is 9.78. The summed E-state index contributed by atoms with van der Waals surface area (Å²) in [5.74, 6) is 2.60. The fourth-order valence-corrected chi connectivity index (χ4v) is 3.99. The fraction of sp³-hybridized carbons (Fsp3) is 0.708. The van der Waals surface area contributed by atoms with Gasteiger partial charge in [0.1, 0.15) is 11.5 Å². The summed E-state index contributed by atoms with van der Waals surface area (Å²) in [4.78, 5) is 9.13. The summed E-state index contributed by atoms with van der Waals surface area (Å²) in [6.07, 6.45) is 7.52. The van der Waals surface area contributed by atoms with Crippen molar-refractivity contribution in [2.75, 3.05) is 61.5 Å². The van der Waals surface area contributed by atoms with Gasteiger partial charge in [-0.05, 0) is 57.6 Å². The van der Waals surface area contributed by atoms with E-state index in [9.17, 15) is 0 Å². The summed E-state index contributed by atoms with van der Waals surface area (Å²) in [6.45, 7) is 5.14. The molecular formula is C24H43N5O2. The van der Waals surface area contributed by atoms with Crippen molar-refractivity contribution in [3.63, 3.8) is 0 Å². The van der Waals surface area contributed by atoms with Crippen LogP contribution in [0.1, 0.15) is 44.1 Å². The number of ether oxygens (including phenoxy) is 2. The van der Waals surface area contributed by atoms with Crippen LogP contribution in [0.4, 0.5) is 0 Å². The Morgan fingerprint density at radius 3 is 2.39 bits per heavy atom. The second-order valence-electron chi connectivity index (χ2n) is 8.66. The summed E-state index contributed by atoms with van der Waals surface area (Å²) >= 11 is 0. The average molecular weight is 434 g/mol. The minimum atomic E-state index is 0.421. The molecule has 2 rings (SSSR count). The minimum absolute atomic E-state index is 0.421. The first-order valence-electron chi connectivity index (χ1n) is 11.6. The maximum absolute atomic E-state index is 5.40. The lowest BCUT2D eigenvalue weighted by Gasteiger charge is -2.19. The fourth-order valence-electron chi connectivity index (χ4n) is 3.99. The van der Waals surface area contributed by atoms with Crippen molar-refractivity contribution >= 4 is 5.96 Å². The second kappa shape index (κ2) is 14.1. The maximum Gasteiger partial charge on any atom is 0.191 e. The van der Waals surface area contributed by atoms with Crippen molar-refractivity contribution in [2.24, 2.45) is 4.99 Å². The van der Waals surface area contributed by atoms with Crippen molar-refractivity contribution < 1.29 is 9.47 Å². The number of hydrogen-bond acceptors (Lipinski definition) is 5. The summed E-state index contributed by atoms with van der Waals surface area (Å²) in [5, 5.41) is 7.07. The van der Waals surface area contributed by atoms with E-state index in [0.717, 1.165) is 50.1 Å². The van der Waals surface area contributed by atoms with Crippen molar-refractivity contribution in [2.45, 2.75) is 51.1 Å². The van der Waals surface area contributed by atoms with Gasteiger partial charge in [-0.15, -0.1) is 0 Å². The lowest BCUT2D eigenvalue weighted by atomic mass is 10.1. The number of hydrogen-bond donors (Lipinski definition) is 2. The number of guanidine groups is 1. The number of unbranched alkanes of at least 4 members (excludes halogenated alkanes) is 4. The van der Waals surface area contributed by atoms with Crippen LogP contribution in [0, 0.1) is 0 Å². The molecule has 0 aliphatic carbocycles. The van der Waals surface area contributed by atoms with Crippen LogP contribution in [0.3, 0.4) is 0 Å². The molecule has 1 fully saturated rings. The first-order valence-corrected chi connectivity index (χ1v) is 11.6. The molecule has 1 unspecified atom stereocenters. The average Bonchev–Trinajstić information content (AvgIpc) is 3.20. The molecule has 1 aliphatic heterocycles. The molecule has 0 spiro atoms. The van der Waals surface area contributed by atoms with E-state index in [2.05, 4.69) is 51.7 Å². The molecule has 7 heteroatoms. The van der Waals surface area contributed by atoms with Crippen molar-refractivity contribution in [1.82, 2.24) is 20.4 Å². The van der Waals surface area contributed by atoms with Crippen LogP contribution in [0.15, 0.2) is 23.2 Å². The van der Waals surface area contributed by atoms with Crippen LogP contribution in [-0.2, 0) is 6.54 Å². The zero-order valence-corrected chi connectivity index (χ0v) is 20.2. The predicted octanol–water partition coefficient (Wildman–Crippen LogP) is 2.96. The standard InChI is InChI=1S/C24H43N5O2/c1-25-24(26-12-9-7-6-8-10-13-28(2)3)27-21-11-14-29(19-21)18-20-15-22(30-4)17-23(16-20)31-5/h15-17,21H,6-14,18-19H2,1-5H3,(H2,25,26,27). The topological polar surface area (TPSA) is 61.4 Å². The monoisotopic (exact) mass is 433 g/mol. The highest BCUT2D eigenvalue weighted by atomic mass is 16.5. The van der Waals surface area contributed by atoms with Gasteiger partial charge in [0.15, 0.2) is 5.96 Å². The molecule has 7 nitrogen and oxygen atoms in total. The summed E-state index contributed by atoms with van der Waals surface area (Å²) < 4.78 is 10.8. The van der Waals surface area contributed by atoms with Gasteiger partial charge in [0, 0.05) is 45.3 Å². The van der Waals surface area contributed by atoms with Gasteiger partial charge >= 0.3 is 0 Å². The van der Waals surface area contributed by atoms with E-state index in [1.54, 1.807) is 14.2 Å². The maximum atomic E-state index is 5.40. The van der Waals surface area contributed by atoms with E-state index >= 15 is 0 Å². The number of likely N-dealkylation sites (tertiary alicyclic amines) is 1. The third-order valence-corrected chi connectivity index (χ3v) is 5.73. The molecule has 176 valence electrons. The van der Waals surface area contributed by atoms with Gasteiger partial charge in [0.2, 0.25) is 0 Å². The molecule has 0 amide bonds. The quantitative estimate of drug-likeness (QED) is 0.283. The van der Waals surface area contributed by atoms with E-state index in [1.165, 1.54) is 44.2 Å². The van der Waals surface area contributed by atoms with Crippen LogP contribution >= 0.6 is 0 Å². The van der Waals surface area contributed by atoms with Crippen LogP contribution in [0.25, 0.3) is 0 Å². The summed E-state index contributed by atoms with van der Waals surface area (Å²) in [5.41, 5.74) is 1.21. The molecule has 1 atom stereocenters. The highest BCUT2D eigenvalue weighted by Crippen LogP contribution is 2.24. The van der Waals surface area contributed by atoms with E-state index < -0.39 is 0 Å². The zero-order chi connectivity index (χ0) is 22.5. The van der Waals surface area contributed by atoms with Gasteiger partial charge in [-0.25, -0.2) is 0 Å². The largest absolute Gasteiger partial charge is 0.497 e. The molecule has 31 heavy (non-hydrogen) atoms. The molecule has 0 saturated carbocycles. The number of nitrogens with zero attached hydrogens (tertiary/aromatic N) is 3. The normalized spacial score (nSPS) is 17.2. The smallest absolute Gasteiger partial charge is 0.191 e. The lowest BCUT2D eigenvalue weighted by molar-refractivity contribution is 0.321. The number of rotatable bonds is 13. The van der Waals surface area contributed by atoms with E-state index in [1.807, 2.05) is 13.1 Å². The summed E-state index contributed by atoms with van der Waals surface area (Å²) in [7, 11) is 9.52. The van der Waals surface area contributed by atoms with Gasteiger partial charge in [-0.3, -0.25) is 9.89 Å². The van der Waals surface area contributed by atoms with Crippen molar-refractivity contribution in [1.29, 1.82) is 0 Å². The zero-order valence-electron chi connectivity index (χ0n) is 20.2. The third-order valence-electron chi connectivity index (χ3n) is 5.73. The number of aliphatic imine (C=N–C) groups is 1. The van der Waals surface area contributed by atoms with Crippen LogP contribution < -0.4 is 20.1 Å². The van der Waals surface area contributed by atoms with E-state index in [0.29, 0.717) is 6.04 Å². The molecule has 1 aromatic carbocycles. The molecule has 2 N–H and O–H groups in total. The first-order chi connectivity index (χ1) is 15.0. The predicted molar refractivity (Wildman–Crippen MR) is 129 cm³/mol. The molecule has 1 aliphatic rings. The molecule has 0 aromatic heterocycles. The number of methoxy groups -OCH3 is 2. The molecule has 1 saturated heterocycles. The van der Waals surface area contributed by atoms with Gasteiger partial charge < -0.3 is 25.0 Å². The molecule has 0 radical (unpaired) electrons. The Hall–Kier alpha value is -1.99. The van der Waals surface area contributed by atoms with E-state index in [-0.39, 0.29) is 0 Å². The number of nitrogens with one attached hydrogen (secondary N) is 2. The van der Waals surface area contributed by atoms with Crippen LogP contribution in [0.5, 0.6) is 11.5 Å². The summed E-state index contributed by atoms with van der Waals surface area (Å²) in [6, 6.07) is 6.51. The Morgan fingerprint density at radius 2 is 1.74 bits per heavy atom. The van der Waals surface area contributed by atoms with Gasteiger partial charge in [-0.1, -0.05) is 19.3 Å². The Bertz CT molecular complexity index is 643. The van der Waals surface area contributed by atoms with Crippen LogP contribution in [0.2, 0.25) is 0 Å². The van der Waals surface area contributed by atoms with Gasteiger partial charge in [0.25, 0.3) is 0 Å². The van der Waals surface area contributed by atoms with Crippen molar-refractivity contribution in [3.05, 3.63) is 23.8 Å². The lowest BCUT2D eigenvalue weighted by Crippen LogP contribution is -2.44. The SMILES string of the molecule is CN=C(NCCCCCCCN(C)C)NC1CCN(Cc2cc(OC)cc(OC)c2)C1. The van der Waals surface area contributed by atoms with Crippen molar-refractivity contribution in [3.8, 4) is 11.5 Å². The Morgan fingerprint density at radius 1 is 1.06 bits per heavy atom.